The van der Waals surface area contributed by atoms with Gasteiger partial charge in [0.05, 0.1) is 26.9 Å². The highest BCUT2D eigenvalue weighted by Gasteiger charge is 2.39. The van der Waals surface area contributed by atoms with Crippen molar-refractivity contribution in [1.82, 2.24) is 4.72 Å². The first-order chi connectivity index (χ1) is 15.6. The lowest BCUT2D eigenvalue weighted by Crippen LogP contribution is -2.31. The normalized spacial score (nSPS) is 24.6. The lowest BCUT2D eigenvalue weighted by Gasteiger charge is -2.19. The summed E-state index contributed by atoms with van der Waals surface area (Å²) in [5, 5.41) is 31.0. The topological polar surface area (TPSA) is 124 Å². The van der Waals surface area contributed by atoms with Crippen molar-refractivity contribution in [2.45, 2.75) is 70.2 Å². The number of carbonyl (C=O) groups excluding carboxylic acids is 1. The van der Waals surface area contributed by atoms with E-state index in [0.717, 1.165) is 6.42 Å². The first-order valence-corrected chi connectivity index (χ1v) is 14.8. The van der Waals surface area contributed by atoms with Crippen LogP contribution >= 0.6 is 33.9 Å². The van der Waals surface area contributed by atoms with Gasteiger partial charge in [-0.05, 0) is 79.7 Å². The molecule has 1 fully saturated rings. The maximum Gasteiger partial charge on any atom is 0.234 e. The molecule has 0 radical (unpaired) electrons. The standard InChI is InChI=1S/C23H34INO6S2/c1-2-33(30,31)25-23(29)8-6-4-3-5-7-18-19(21(28)15-20(18)27)13-10-16(26)9-11-17-12-14-22(24)32-17/h3,5,10,12-14,16,18-21,26-28H,2,4,6-9,11,15H2,1H3,(H,25,29)/t16-,18+,19+,20-,21+/m0/s1. The van der Waals surface area contributed by atoms with Crippen molar-refractivity contribution in [2.24, 2.45) is 11.8 Å². The number of aliphatic hydroxyl groups is 3. The minimum absolute atomic E-state index is 0.127. The number of aliphatic hydroxyl groups excluding tert-OH is 3. The number of sulfonamides is 1. The maximum absolute atomic E-state index is 11.6. The van der Waals surface area contributed by atoms with Crippen molar-refractivity contribution < 1.29 is 28.5 Å². The first kappa shape index (κ1) is 28.4. The summed E-state index contributed by atoms with van der Waals surface area (Å²) >= 11 is 3.99. The number of carbonyl (C=O) groups is 1. The Morgan fingerprint density at radius 3 is 2.73 bits per heavy atom. The van der Waals surface area contributed by atoms with Crippen LogP contribution in [0.4, 0.5) is 0 Å². The molecule has 1 aromatic rings. The Morgan fingerprint density at radius 1 is 1.30 bits per heavy atom. The van der Waals surface area contributed by atoms with E-state index in [0.29, 0.717) is 32.1 Å². The summed E-state index contributed by atoms with van der Waals surface area (Å²) in [5.41, 5.74) is 0. The van der Waals surface area contributed by atoms with Gasteiger partial charge < -0.3 is 15.3 Å². The molecule has 1 aliphatic carbocycles. The number of amides is 1. The summed E-state index contributed by atoms with van der Waals surface area (Å²) in [6.07, 6.45) is 9.10. The molecule has 10 heteroatoms. The molecule has 0 unspecified atom stereocenters. The molecule has 1 amide bonds. The second-order valence-corrected chi connectivity index (χ2v) is 13.4. The zero-order valence-corrected chi connectivity index (χ0v) is 22.6. The van der Waals surface area contributed by atoms with Gasteiger partial charge in [-0.1, -0.05) is 24.3 Å². The van der Waals surface area contributed by atoms with Crippen LogP contribution in [0.1, 0.15) is 50.3 Å². The van der Waals surface area contributed by atoms with Crippen LogP contribution in [0.3, 0.4) is 0 Å². The van der Waals surface area contributed by atoms with Gasteiger partial charge in [0.1, 0.15) is 0 Å². The number of hydrogen-bond acceptors (Lipinski definition) is 7. The van der Waals surface area contributed by atoms with Crippen LogP contribution in [-0.4, -0.2) is 53.7 Å². The summed E-state index contributed by atoms with van der Waals surface area (Å²) in [7, 11) is -3.52. The Hall–Kier alpha value is -0.790. The lowest BCUT2D eigenvalue weighted by atomic mass is 9.89. The van der Waals surface area contributed by atoms with Gasteiger partial charge in [-0.25, -0.2) is 8.42 Å². The van der Waals surface area contributed by atoms with Crippen LogP contribution in [0.5, 0.6) is 0 Å². The summed E-state index contributed by atoms with van der Waals surface area (Å²) in [6, 6.07) is 4.13. The van der Waals surface area contributed by atoms with Gasteiger partial charge in [0.15, 0.2) is 0 Å². The Morgan fingerprint density at radius 2 is 2.06 bits per heavy atom. The summed E-state index contributed by atoms with van der Waals surface area (Å²) < 4.78 is 26.0. The van der Waals surface area contributed by atoms with Crippen LogP contribution in [0.2, 0.25) is 0 Å². The third-order valence-electron chi connectivity index (χ3n) is 5.79. The Kier molecular flexibility index (Phi) is 12.0. The second kappa shape index (κ2) is 13.9. The van der Waals surface area contributed by atoms with Crippen molar-refractivity contribution in [3.8, 4) is 0 Å². The average Bonchev–Trinajstić information content (AvgIpc) is 3.28. The number of allylic oxidation sites excluding steroid dienone is 2. The Bertz CT molecular complexity index is 914. The third-order valence-corrected chi connectivity index (χ3v) is 9.04. The summed E-state index contributed by atoms with van der Waals surface area (Å²) in [6.45, 7) is 1.47. The molecule has 7 nitrogen and oxygen atoms in total. The molecular weight excluding hydrogens is 577 g/mol. The summed E-state index contributed by atoms with van der Waals surface area (Å²) in [5.74, 6) is -1.00. The predicted molar refractivity (Wildman–Crippen MR) is 139 cm³/mol. The predicted octanol–water partition coefficient (Wildman–Crippen LogP) is 3.14. The number of nitrogens with one attached hydrogen (secondary N) is 1. The van der Waals surface area contributed by atoms with E-state index < -0.39 is 34.2 Å². The molecule has 0 saturated heterocycles. The van der Waals surface area contributed by atoms with Crippen molar-refractivity contribution in [3.63, 3.8) is 0 Å². The van der Waals surface area contributed by atoms with E-state index in [-0.39, 0.29) is 24.0 Å². The van der Waals surface area contributed by atoms with Crippen molar-refractivity contribution in [2.75, 3.05) is 5.75 Å². The Labute approximate surface area is 214 Å². The molecule has 4 N–H and O–H groups in total. The van der Waals surface area contributed by atoms with Crippen molar-refractivity contribution >= 4 is 49.9 Å². The number of halogens is 1. The molecule has 0 spiro atoms. The molecule has 0 aromatic carbocycles. The monoisotopic (exact) mass is 611 g/mol. The second-order valence-electron chi connectivity index (χ2n) is 8.34. The van der Waals surface area contributed by atoms with Crippen LogP contribution in [-0.2, 0) is 21.2 Å². The number of hydrogen-bond donors (Lipinski definition) is 4. The molecule has 5 atom stereocenters. The molecule has 186 valence electrons. The highest BCUT2D eigenvalue weighted by molar-refractivity contribution is 14.1. The quantitative estimate of drug-likeness (QED) is 0.155. The summed E-state index contributed by atoms with van der Waals surface area (Å²) in [4.78, 5) is 12.9. The van der Waals surface area contributed by atoms with Crippen LogP contribution in [0, 0.1) is 14.7 Å². The van der Waals surface area contributed by atoms with E-state index in [1.807, 2.05) is 23.0 Å². The third kappa shape index (κ3) is 10.2. The number of aryl methyl sites for hydroxylation is 1. The van der Waals surface area contributed by atoms with Crippen LogP contribution < -0.4 is 4.72 Å². The number of rotatable bonds is 13. The molecule has 1 aromatic heterocycles. The van der Waals surface area contributed by atoms with E-state index in [1.165, 1.54) is 14.7 Å². The fourth-order valence-corrected chi connectivity index (χ4v) is 6.25. The molecule has 0 bridgehead atoms. The smallest absolute Gasteiger partial charge is 0.234 e. The van der Waals surface area contributed by atoms with Crippen LogP contribution in [0.25, 0.3) is 0 Å². The zero-order valence-electron chi connectivity index (χ0n) is 18.8. The highest BCUT2D eigenvalue weighted by atomic mass is 127. The molecule has 1 saturated carbocycles. The molecule has 1 aliphatic rings. The fraction of sp³-hybridized carbons (Fsp3) is 0.609. The van der Waals surface area contributed by atoms with Gasteiger partial charge in [-0.3, -0.25) is 9.52 Å². The van der Waals surface area contributed by atoms with Gasteiger partial charge >= 0.3 is 0 Å². The van der Waals surface area contributed by atoms with Crippen LogP contribution in [0.15, 0.2) is 36.4 Å². The van der Waals surface area contributed by atoms with E-state index in [2.05, 4.69) is 34.7 Å². The molecule has 0 aliphatic heterocycles. The molecule has 1 heterocycles. The molecule has 2 rings (SSSR count). The van der Waals surface area contributed by atoms with Gasteiger partial charge in [-0.15, -0.1) is 11.3 Å². The van der Waals surface area contributed by atoms with E-state index >= 15 is 0 Å². The Balaban J connectivity index is 1.76. The van der Waals surface area contributed by atoms with Gasteiger partial charge in [0, 0.05) is 23.6 Å². The highest BCUT2D eigenvalue weighted by Crippen LogP contribution is 2.36. The minimum atomic E-state index is -3.52. The minimum Gasteiger partial charge on any atom is -0.393 e. The largest absolute Gasteiger partial charge is 0.393 e. The van der Waals surface area contributed by atoms with E-state index in [4.69, 9.17) is 0 Å². The molecular formula is C23H34INO6S2. The van der Waals surface area contributed by atoms with Crippen molar-refractivity contribution in [3.05, 3.63) is 44.2 Å². The fourth-order valence-electron chi connectivity index (χ4n) is 3.88. The van der Waals surface area contributed by atoms with Crippen molar-refractivity contribution in [1.29, 1.82) is 0 Å². The maximum atomic E-state index is 11.6. The first-order valence-electron chi connectivity index (χ1n) is 11.3. The van der Waals surface area contributed by atoms with Gasteiger partial charge in [-0.2, -0.15) is 0 Å². The van der Waals surface area contributed by atoms with E-state index in [9.17, 15) is 28.5 Å². The lowest BCUT2D eigenvalue weighted by molar-refractivity contribution is -0.119. The SMILES string of the molecule is CCS(=O)(=O)NC(=O)CCCC=CC[C@@H]1[C@@H](C=C[C@@H](O)CCc2ccc(I)s2)[C@H](O)C[C@@H]1O. The number of unbranched alkanes of at least 4 members (excludes halogenated alkanes) is 1. The average molecular weight is 612 g/mol. The van der Waals surface area contributed by atoms with Gasteiger partial charge in [0.25, 0.3) is 0 Å². The van der Waals surface area contributed by atoms with Gasteiger partial charge in [0.2, 0.25) is 15.9 Å². The zero-order chi connectivity index (χ0) is 24.4. The molecule has 33 heavy (non-hydrogen) atoms. The number of thiophene rings is 1. The van der Waals surface area contributed by atoms with E-state index in [1.54, 1.807) is 17.4 Å².